The van der Waals surface area contributed by atoms with Crippen molar-refractivity contribution in [2.75, 3.05) is 24.5 Å². The van der Waals surface area contributed by atoms with Crippen molar-refractivity contribution in [1.82, 2.24) is 19.9 Å². The van der Waals surface area contributed by atoms with Gasteiger partial charge in [-0.1, -0.05) is 30.5 Å². The third-order valence-corrected chi connectivity index (χ3v) is 7.14. The molecule has 0 aromatic carbocycles. The van der Waals surface area contributed by atoms with Crippen LogP contribution in [-0.2, 0) is 19.5 Å². The Kier molecular flexibility index (Phi) is 5.97. The van der Waals surface area contributed by atoms with Gasteiger partial charge in [0.25, 0.3) is 0 Å². The Morgan fingerprint density at radius 3 is 2.57 bits per heavy atom. The number of aromatic nitrogens is 3. The summed E-state index contributed by atoms with van der Waals surface area (Å²) in [6, 6.07) is 10.1. The molecule has 7 heteroatoms. The van der Waals surface area contributed by atoms with E-state index in [1.807, 2.05) is 30.5 Å². The molecular formula is C23H26ClN5S. The molecule has 5 rings (SSSR count). The molecule has 0 atom stereocenters. The maximum atomic E-state index is 6.14. The van der Waals surface area contributed by atoms with Crippen LogP contribution in [0, 0.1) is 0 Å². The molecule has 5 heterocycles. The fourth-order valence-corrected chi connectivity index (χ4v) is 5.53. The lowest BCUT2D eigenvalue weighted by Gasteiger charge is -2.32. The molecule has 0 amide bonds. The Hall–Kier alpha value is -2.02. The highest BCUT2D eigenvalue weighted by atomic mass is 35.5. The highest BCUT2D eigenvalue weighted by molar-refractivity contribution is 7.16. The molecule has 3 aromatic rings. The van der Waals surface area contributed by atoms with Gasteiger partial charge in [0.15, 0.2) is 5.82 Å². The number of pyridine rings is 1. The second-order valence-corrected chi connectivity index (χ2v) is 9.88. The number of nitrogens with zero attached hydrogens (tertiary/aromatic N) is 5. The van der Waals surface area contributed by atoms with Crippen LogP contribution in [0.2, 0.25) is 4.34 Å². The standard InChI is InChI=1S/C23H26ClN5S/c24-21-9-8-17(30-21)15-28-14-10-19-18(16-28)23(29-12-5-1-2-6-13-29)27-22(26-19)20-7-3-4-11-25-20/h3-4,7-9,11H,1-2,5-6,10,12-16H2. The molecular weight excluding hydrogens is 414 g/mol. The lowest BCUT2D eigenvalue weighted by molar-refractivity contribution is 0.245. The number of rotatable bonds is 4. The quantitative estimate of drug-likeness (QED) is 0.559. The van der Waals surface area contributed by atoms with Gasteiger partial charge in [-0.2, -0.15) is 0 Å². The first-order valence-electron chi connectivity index (χ1n) is 10.8. The predicted molar refractivity (Wildman–Crippen MR) is 123 cm³/mol. The molecule has 0 spiro atoms. The Morgan fingerprint density at radius 1 is 0.967 bits per heavy atom. The van der Waals surface area contributed by atoms with E-state index in [-0.39, 0.29) is 0 Å². The van der Waals surface area contributed by atoms with Crippen LogP contribution < -0.4 is 4.90 Å². The molecule has 2 aliphatic rings. The number of anilines is 1. The summed E-state index contributed by atoms with van der Waals surface area (Å²) in [6.45, 7) is 4.97. The number of thiophene rings is 1. The van der Waals surface area contributed by atoms with Gasteiger partial charge in [-0.25, -0.2) is 9.97 Å². The van der Waals surface area contributed by atoms with E-state index in [9.17, 15) is 0 Å². The van der Waals surface area contributed by atoms with Gasteiger partial charge in [-0.05, 0) is 37.1 Å². The van der Waals surface area contributed by atoms with Crippen LogP contribution in [-0.4, -0.2) is 39.5 Å². The molecule has 0 radical (unpaired) electrons. The molecule has 2 aliphatic heterocycles. The van der Waals surface area contributed by atoms with Gasteiger partial charge in [0.05, 0.1) is 10.0 Å². The Balaban J connectivity index is 1.49. The molecule has 0 unspecified atom stereocenters. The highest BCUT2D eigenvalue weighted by Crippen LogP contribution is 2.32. The average Bonchev–Trinajstić information content (AvgIpc) is 3.01. The third kappa shape index (κ3) is 4.36. The minimum Gasteiger partial charge on any atom is -0.356 e. The fourth-order valence-electron chi connectivity index (χ4n) is 4.40. The highest BCUT2D eigenvalue weighted by Gasteiger charge is 2.26. The average molecular weight is 440 g/mol. The van der Waals surface area contributed by atoms with Gasteiger partial charge in [0.2, 0.25) is 0 Å². The summed E-state index contributed by atoms with van der Waals surface area (Å²) in [5, 5.41) is 0. The minimum absolute atomic E-state index is 0.757. The van der Waals surface area contributed by atoms with Crippen molar-refractivity contribution in [2.24, 2.45) is 0 Å². The molecule has 30 heavy (non-hydrogen) atoms. The van der Waals surface area contributed by atoms with Crippen LogP contribution in [0.15, 0.2) is 36.5 Å². The third-order valence-electron chi connectivity index (χ3n) is 5.93. The zero-order valence-electron chi connectivity index (χ0n) is 17.1. The molecule has 0 bridgehead atoms. The maximum Gasteiger partial charge on any atom is 0.180 e. The van der Waals surface area contributed by atoms with Crippen molar-refractivity contribution in [3.63, 3.8) is 0 Å². The largest absolute Gasteiger partial charge is 0.356 e. The van der Waals surface area contributed by atoms with Crippen molar-refractivity contribution in [3.05, 3.63) is 57.0 Å². The van der Waals surface area contributed by atoms with Gasteiger partial charge in [-0.15, -0.1) is 11.3 Å². The first-order valence-corrected chi connectivity index (χ1v) is 12.0. The van der Waals surface area contributed by atoms with Crippen LogP contribution in [0.4, 0.5) is 5.82 Å². The summed E-state index contributed by atoms with van der Waals surface area (Å²) in [6.07, 6.45) is 7.84. The zero-order valence-corrected chi connectivity index (χ0v) is 18.6. The molecule has 3 aromatic heterocycles. The SMILES string of the molecule is Clc1ccc(CN2CCc3nc(-c4ccccn4)nc(N4CCCCCC4)c3C2)s1. The van der Waals surface area contributed by atoms with Crippen molar-refractivity contribution in [1.29, 1.82) is 0 Å². The number of halogens is 1. The first kappa shape index (κ1) is 19.9. The van der Waals surface area contributed by atoms with E-state index in [1.54, 1.807) is 11.3 Å². The lowest BCUT2D eigenvalue weighted by Crippen LogP contribution is -2.34. The van der Waals surface area contributed by atoms with E-state index >= 15 is 0 Å². The summed E-state index contributed by atoms with van der Waals surface area (Å²) in [4.78, 5) is 20.8. The van der Waals surface area contributed by atoms with Crippen LogP contribution in [0.3, 0.4) is 0 Å². The molecule has 1 saturated heterocycles. The maximum absolute atomic E-state index is 6.14. The monoisotopic (exact) mass is 439 g/mol. The Labute approximate surface area is 186 Å². The van der Waals surface area contributed by atoms with Crippen LogP contribution in [0.25, 0.3) is 11.5 Å². The number of hydrogen-bond acceptors (Lipinski definition) is 6. The summed E-state index contributed by atoms with van der Waals surface area (Å²) >= 11 is 7.82. The van der Waals surface area contributed by atoms with Gasteiger partial charge in [0.1, 0.15) is 11.5 Å². The summed E-state index contributed by atoms with van der Waals surface area (Å²) in [7, 11) is 0. The molecule has 156 valence electrons. The topological polar surface area (TPSA) is 45.2 Å². The molecule has 0 aliphatic carbocycles. The second kappa shape index (κ2) is 9.00. The van der Waals surface area contributed by atoms with E-state index in [1.165, 1.54) is 41.8 Å². The van der Waals surface area contributed by atoms with Crippen molar-refractivity contribution in [3.8, 4) is 11.5 Å². The summed E-state index contributed by atoms with van der Waals surface area (Å²) in [5.41, 5.74) is 3.34. The fraction of sp³-hybridized carbons (Fsp3) is 0.435. The van der Waals surface area contributed by atoms with E-state index in [0.29, 0.717) is 0 Å². The van der Waals surface area contributed by atoms with Crippen molar-refractivity contribution >= 4 is 28.8 Å². The number of hydrogen-bond donors (Lipinski definition) is 0. The second-order valence-electron chi connectivity index (χ2n) is 8.08. The zero-order chi connectivity index (χ0) is 20.3. The van der Waals surface area contributed by atoms with Gasteiger partial charge >= 0.3 is 0 Å². The Morgan fingerprint density at radius 2 is 1.83 bits per heavy atom. The molecule has 0 saturated carbocycles. The van der Waals surface area contributed by atoms with Gasteiger partial charge < -0.3 is 4.90 Å². The normalized spacial score (nSPS) is 17.6. The lowest BCUT2D eigenvalue weighted by atomic mass is 10.0. The van der Waals surface area contributed by atoms with Gasteiger partial charge in [0, 0.05) is 55.8 Å². The van der Waals surface area contributed by atoms with E-state index in [0.717, 1.165) is 60.8 Å². The first-order chi connectivity index (χ1) is 14.8. The smallest absolute Gasteiger partial charge is 0.180 e. The number of fused-ring (bicyclic) bond motifs is 1. The van der Waals surface area contributed by atoms with Crippen molar-refractivity contribution < 1.29 is 0 Å². The summed E-state index contributed by atoms with van der Waals surface area (Å²) in [5.74, 6) is 1.88. The van der Waals surface area contributed by atoms with E-state index in [2.05, 4.69) is 20.9 Å². The molecule has 1 fully saturated rings. The van der Waals surface area contributed by atoms with Crippen LogP contribution in [0.5, 0.6) is 0 Å². The minimum atomic E-state index is 0.757. The molecule has 5 nitrogen and oxygen atoms in total. The van der Waals surface area contributed by atoms with Crippen LogP contribution >= 0.6 is 22.9 Å². The van der Waals surface area contributed by atoms with Gasteiger partial charge in [-0.3, -0.25) is 9.88 Å². The molecule has 0 N–H and O–H groups in total. The van der Waals surface area contributed by atoms with E-state index in [4.69, 9.17) is 21.6 Å². The Bertz CT molecular complexity index is 998. The van der Waals surface area contributed by atoms with Crippen LogP contribution in [0.1, 0.15) is 41.8 Å². The van der Waals surface area contributed by atoms with Crippen molar-refractivity contribution in [2.45, 2.75) is 45.2 Å². The summed E-state index contributed by atoms with van der Waals surface area (Å²) < 4.78 is 0.857. The van der Waals surface area contributed by atoms with E-state index < -0.39 is 0 Å². The predicted octanol–water partition coefficient (Wildman–Crippen LogP) is 5.19.